The molecule has 2 atom stereocenters. The van der Waals surface area contributed by atoms with Crippen molar-refractivity contribution in [1.82, 2.24) is 4.90 Å². The predicted octanol–water partition coefficient (Wildman–Crippen LogP) is 3.20. The summed E-state index contributed by atoms with van der Waals surface area (Å²) in [5, 5.41) is 11.6. The van der Waals surface area contributed by atoms with Crippen molar-refractivity contribution < 1.29 is 4.92 Å². The number of nitrogens with zero attached hydrogens (tertiary/aromatic N) is 2. The Morgan fingerprint density at radius 1 is 1.52 bits per heavy atom. The molecule has 0 bridgehead atoms. The molecule has 2 unspecified atom stereocenters. The number of hydrogen-bond acceptors (Lipinski definition) is 4. The lowest BCUT2D eigenvalue weighted by molar-refractivity contribution is -0.385. The average molecular weight is 312 g/mol. The van der Waals surface area contributed by atoms with Crippen molar-refractivity contribution in [3.63, 3.8) is 0 Å². The predicted molar refractivity (Wildman–Crippen MR) is 84.4 cm³/mol. The van der Waals surface area contributed by atoms with E-state index in [4.69, 9.17) is 17.3 Å². The van der Waals surface area contributed by atoms with Gasteiger partial charge in [0.2, 0.25) is 0 Å². The van der Waals surface area contributed by atoms with Crippen LogP contribution < -0.4 is 5.73 Å². The van der Waals surface area contributed by atoms with Gasteiger partial charge in [-0.05, 0) is 31.4 Å². The first-order valence-electron chi connectivity index (χ1n) is 7.42. The van der Waals surface area contributed by atoms with Gasteiger partial charge in [-0.15, -0.1) is 0 Å². The molecule has 1 heterocycles. The summed E-state index contributed by atoms with van der Waals surface area (Å²) in [6.07, 6.45) is 3.34. The van der Waals surface area contributed by atoms with Crippen molar-refractivity contribution in [3.8, 4) is 0 Å². The molecule has 116 valence electrons. The second-order valence-electron chi connectivity index (χ2n) is 5.65. The molecule has 1 aliphatic heterocycles. The molecule has 1 aliphatic rings. The minimum Gasteiger partial charge on any atom is -0.329 e. The van der Waals surface area contributed by atoms with Gasteiger partial charge in [0.25, 0.3) is 5.69 Å². The van der Waals surface area contributed by atoms with E-state index in [-0.39, 0.29) is 16.7 Å². The Balaban J connectivity index is 2.19. The number of likely N-dealkylation sites (tertiary alicyclic amines) is 1. The first-order chi connectivity index (χ1) is 10.1. The number of nitro benzene ring substituents is 1. The Bertz CT molecular complexity index is 510. The van der Waals surface area contributed by atoms with Crippen LogP contribution in [-0.4, -0.2) is 29.0 Å². The van der Waals surface area contributed by atoms with E-state index in [1.807, 2.05) is 0 Å². The van der Waals surface area contributed by atoms with Gasteiger partial charge in [-0.25, -0.2) is 0 Å². The molecule has 1 fully saturated rings. The van der Waals surface area contributed by atoms with Gasteiger partial charge in [0.1, 0.15) is 0 Å². The van der Waals surface area contributed by atoms with Crippen LogP contribution in [0.25, 0.3) is 0 Å². The molecule has 0 radical (unpaired) electrons. The standard InChI is InChI=1S/C15H22ClN3O2/c1-2-11-6-7-18(12(8-11)9-17)10-13-14(16)4-3-5-15(13)19(20)21/h3-5,11-12H,2,6-10,17H2,1H3. The first kappa shape index (κ1) is 16.2. The zero-order valence-corrected chi connectivity index (χ0v) is 13.1. The van der Waals surface area contributed by atoms with Crippen molar-refractivity contribution in [2.24, 2.45) is 11.7 Å². The number of benzene rings is 1. The van der Waals surface area contributed by atoms with Crippen LogP contribution in [0.4, 0.5) is 5.69 Å². The topological polar surface area (TPSA) is 72.4 Å². The van der Waals surface area contributed by atoms with Gasteiger partial charge in [-0.3, -0.25) is 15.0 Å². The summed E-state index contributed by atoms with van der Waals surface area (Å²) in [5.41, 5.74) is 6.58. The normalized spacial score (nSPS) is 23.2. The van der Waals surface area contributed by atoms with Crippen LogP contribution in [-0.2, 0) is 6.54 Å². The van der Waals surface area contributed by atoms with E-state index in [0.29, 0.717) is 29.6 Å². The molecule has 0 saturated carbocycles. The maximum absolute atomic E-state index is 11.2. The van der Waals surface area contributed by atoms with Crippen LogP contribution in [0, 0.1) is 16.0 Å². The van der Waals surface area contributed by atoms with Crippen LogP contribution in [0.15, 0.2) is 18.2 Å². The molecule has 0 aromatic heterocycles. The van der Waals surface area contributed by atoms with E-state index in [1.165, 1.54) is 6.07 Å². The van der Waals surface area contributed by atoms with E-state index >= 15 is 0 Å². The van der Waals surface area contributed by atoms with E-state index in [0.717, 1.165) is 25.8 Å². The number of piperidine rings is 1. The minimum absolute atomic E-state index is 0.0934. The molecule has 0 amide bonds. The summed E-state index contributed by atoms with van der Waals surface area (Å²) in [6.45, 7) is 4.19. The molecular formula is C15H22ClN3O2. The fourth-order valence-corrected chi connectivity index (χ4v) is 3.31. The highest BCUT2D eigenvalue weighted by atomic mass is 35.5. The quantitative estimate of drug-likeness (QED) is 0.669. The summed E-state index contributed by atoms with van der Waals surface area (Å²) in [6, 6.07) is 5.12. The zero-order chi connectivity index (χ0) is 15.4. The summed E-state index contributed by atoms with van der Waals surface area (Å²) < 4.78 is 0. The Kier molecular flexibility index (Phi) is 5.56. The Labute approximate surface area is 130 Å². The van der Waals surface area contributed by atoms with E-state index < -0.39 is 0 Å². The molecule has 5 nitrogen and oxygen atoms in total. The third-order valence-corrected chi connectivity index (χ3v) is 4.80. The van der Waals surface area contributed by atoms with Gasteiger partial charge >= 0.3 is 0 Å². The monoisotopic (exact) mass is 311 g/mol. The Morgan fingerprint density at radius 3 is 2.90 bits per heavy atom. The molecule has 2 N–H and O–H groups in total. The summed E-state index contributed by atoms with van der Waals surface area (Å²) >= 11 is 6.18. The van der Waals surface area contributed by atoms with Crippen LogP contribution >= 0.6 is 11.6 Å². The van der Waals surface area contributed by atoms with Crippen molar-refractivity contribution in [3.05, 3.63) is 38.9 Å². The fraction of sp³-hybridized carbons (Fsp3) is 0.600. The number of rotatable bonds is 5. The number of nitrogens with two attached hydrogens (primary N) is 1. The average Bonchev–Trinajstić information content (AvgIpc) is 2.49. The van der Waals surface area contributed by atoms with Crippen LogP contribution in [0.3, 0.4) is 0 Å². The Morgan fingerprint density at radius 2 is 2.29 bits per heavy atom. The largest absolute Gasteiger partial charge is 0.329 e. The van der Waals surface area contributed by atoms with Gasteiger partial charge in [0, 0.05) is 25.2 Å². The van der Waals surface area contributed by atoms with Crippen LogP contribution in [0.1, 0.15) is 31.7 Å². The van der Waals surface area contributed by atoms with Crippen molar-refractivity contribution in [1.29, 1.82) is 0 Å². The van der Waals surface area contributed by atoms with Crippen LogP contribution in [0.5, 0.6) is 0 Å². The number of nitro groups is 1. The Hall–Kier alpha value is -1.17. The second kappa shape index (κ2) is 7.20. The zero-order valence-electron chi connectivity index (χ0n) is 12.3. The third kappa shape index (κ3) is 3.73. The first-order valence-corrected chi connectivity index (χ1v) is 7.80. The molecule has 1 saturated heterocycles. The molecule has 2 rings (SSSR count). The van der Waals surface area contributed by atoms with Crippen molar-refractivity contribution in [2.45, 2.75) is 38.8 Å². The van der Waals surface area contributed by atoms with E-state index in [2.05, 4.69) is 11.8 Å². The van der Waals surface area contributed by atoms with Crippen molar-refractivity contribution in [2.75, 3.05) is 13.1 Å². The molecule has 6 heteroatoms. The highest BCUT2D eigenvalue weighted by Crippen LogP contribution is 2.31. The third-order valence-electron chi connectivity index (χ3n) is 4.45. The molecule has 1 aromatic carbocycles. The lowest BCUT2D eigenvalue weighted by Crippen LogP contribution is -2.46. The van der Waals surface area contributed by atoms with Gasteiger partial charge in [-0.2, -0.15) is 0 Å². The minimum atomic E-state index is -0.364. The lowest BCUT2D eigenvalue weighted by atomic mass is 9.88. The number of hydrogen-bond donors (Lipinski definition) is 1. The maximum Gasteiger partial charge on any atom is 0.275 e. The highest BCUT2D eigenvalue weighted by Gasteiger charge is 2.29. The maximum atomic E-state index is 11.2. The summed E-state index contributed by atoms with van der Waals surface area (Å²) in [7, 11) is 0. The van der Waals surface area contributed by atoms with Crippen molar-refractivity contribution >= 4 is 17.3 Å². The molecule has 21 heavy (non-hydrogen) atoms. The van der Waals surface area contributed by atoms with E-state index in [9.17, 15) is 10.1 Å². The van der Waals surface area contributed by atoms with E-state index in [1.54, 1.807) is 12.1 Å². The second-order valence-corrected chi connectivity index (χ2v) is 6.06. The van der Waals surface area contributed by atoms with Gasteiger partial charge in [0.15, 0.2) is 0 Å². The fourth-order valence-electron chi connectivity index (χ4n) is 3.08. The molecule has 0 spiro atoms. The van der Waals surface area contributed by atoms with Gasteiger partial charge < -0.3 is 5.73 Å². The molecular weight excluding hydrogens is 290 g/mol. The lowest BCUT2D eigenvalue weighted by Gasteiger charge is -2.38. The molecule has 1 aromatic rings. The summed E-state index contributed by atoms with van der Waals surface area (Å²) in [4.78, 5) is 13.0. The smallest absolute Gasteiger partial charge is 0.275 e. The number of halogens is 1. The van der Waals surface area contributed by atoms with Gasteiger partial charge in [-0.1, -0.05) is 31.0 Å². The molecule has 0 aliphatic carbocycles. The van der Waals surface area contributed by atoms with Crippen LogP contribution in [0.2, 0.25) is 5.02 Å². The highest BCUT2D eigenvalue weighted by molar-refractivity contribution is 6.31. The summed E-state index contributed by atoms with van der Waals surface area (Å²) in [5.74, 6) is 0.705. The SMILES string of the molecule is CCC1CCN(Cc2c(Cl)cccc2[N+](=O)[O-])C(CN)C1. The van der Waals surface area contributed by atoms with Gasteiger partial charge in [0.05, 0.1) is 15.5 Å².